The molecule has 4 heteroatoms. The molecule has 2 rings (SSSR count). The summed E-state index contributed by atoms with van der Waals surface area (Å²) < 4.78 is 0. The van der Waals surface area contributed by atoms with Crippen molar-refractivity contribution in [1.29, 1.82) is 0 Å². The molecule has 0 aliphatic heterocycles. The van der Waals surface area contributed by atoms with Gasteiger partial charge in [-0.25, -0.2) is 0 Å². The van der Waals surface area contributed by atoms with Crippen molar-refractivity contribution >= 4 is 29.0 Å². The second-order valence-corrected chi connectivity index (χ2v) is 5.76. The Bertz CT molecular complexity index is 447. The molecule has 1 aromatic rings. The number of nitrogens with two attached hydrogens (primary N) is 1. The number of hydrogen-bond donors (Lipinski definition) is 1. The zero-order valence-electron chi connectivity index (χ0n) is 10.2. The van der Waals surface area contributed by atoms with Gasteiger partial charge in [0.1, 0.15) is 5.78 Å². The molecule has 0 bridgehead atoms. The first-order valence-corrected chi connectivity index (χ1v) is 7.04. The van der Waals surface area contributed by atoms with Gasteiger partial charge in [-0.1, -0.05) is 35.7 Å². The zero-order chi connectivity index (χ0) is 13.1. The summed E-state index contributed by atoms with van der Waals surface area (Å²) in [5, 5.41) is 1.16. The molecule has 2 N–H and O–H groups in total. The molecule has 2 atom stereocenters. The molecule has 0 saturated heterocycles. The SMILES string of the molecule is NCC1CCCC1C(=O)Cc1ccc(Cl)cc1Cl. The van der Waals surface area contributed by atoms with Gasteiger partial charge in [0.2, 0.25) is 0 Å². The van der Waals surface area contributed by atoms with Gasteiger partial charge < -0.3 is 5.73 Å². The van der Waals surface area contributed by atoms with E-state index in [4.69, 9.17) is 28.9 Å². The topological polar surface area (TPSA) is 43.1 Å². The van der Waals surface area contributed by atoms with Crippen molar-refractivity contribution in [3.05, 3.63) is 33.8 Å². The lowest BCUT2D eigenvalue weighted by Gasteiger charge is -2.16. The maximum absolute atomic E-state index is 12.3. The number of rotatable bonds is 4. The van der Waals surface area contributed by atoms with E-state index < -0.39 is 0 Å². The number of hydrogen-bond acceptors (Lipinski definition) is 2. The van der Waals surface area contributed by atoms with Crippen LogP contribution in [0.3, 0.4) is 0 Å². The van der Waals surface area contributed by atoms with Gasteiger partial charge in [0.15, 0.2) is 0 Å². The minimum atomic E-state index is 0.113. The lowest BCUT2D eigenvalue weighted by Crippen LogP contribution is -2.26. The maximum atomic E-state index is 12.3. The van der Waals surface area contributed by atoms with Crippen molar-refractivity contribution in [1.82, 2.24) is 0 Å². The van der Waals surface area contributed by atoms with Crippen LogP contribution in [0.1, 0.15) is 24.8 Å². The van der Waals surface area contributed by atoms with E-state index in [-0.39, 0.29) is 11.7 Å². The molecule has 1 aromatic carbocycles. The Morgan fingerprint density at radius 3 is 2.78 bits per heavy atom. The van der Waals surface area contributed by atoms with E-state index >= 15 is 0 Å². The Morgan fingerprint density at radius 2 is 2.11 bits per heavy atom. The van der Waals surface area contributed by atoms with E-state index in [0.717, 1.165) is 24.8 Å². The van der Waals surface area contributed by atoms with Crippen LogP contribution in [0.2, 0.25) is 10.0 Å². The Kier molecular flexibility index (Phi) is 4.66. The average Bonchev–Trinajstić information content (AvgIpc) is 2.81. The highest BCUT2D eigenvalue weighted by Gasteiger charge is 2.31. The lowest BCUT2D eigenvalue weighted by atomic mass is 9.89. The van der Waals surface area contributed by atoms with Crippen molar-refractivity contribution in [2.24, 2.45) is 17.6 Å². The van der Waals surface area contributed by atoms with E-state index in [1.807, 2.05) is 6.07 Å². The predicted octanol–water partition coefficient (Wildman–Crippen LogP) is 3.48. The highest BCUT2D eigenvalue weighted by molar-refractivity contribution is 6.35. The van der Waals surface area contributed by atoms with Gasteiger partial charge in [0, 0.05) is 22.4 Å². The number of benzene rings is 1. The van der Waals surface area contributed by atoms with Crippen molar-refractivity contribution < 1.29 is 4.79 Å². The van der Waals surface area contributed by atoms with Crippen LogP contribution in [0, 0.1) is 11.8 Å². The molecule has 0 amide bonds. The van der Waals surface area contributed by atoms with E-state index in [1.165, 1.54) is 0 Å². The molecule has 1 aliphatic rings. The molecule has 0 radical (unpaired) electrons. The first-order chi connectivity index (χ1) is 8.61. The largest absolute Gasteiger partial charge is 0.330 e. The number of ketones is 1. The molecule has 2 unspecified atom stereocenters. The average molecular weight is 286 g/mol. The van der Waals surface area contributed by atoms with Crippen molar-refractivity contribution in [2.45, 2.75) is 25.7 Å². The highest BCUT2D eigenvalue weighted by Crippen LogP contribution is 2.33. The van der Waals surface area contributed by atoms with E-state index in [2.05, 4.69) is 0 Å². The summed E-state index contributed by atoms with van der Waals surface area (Å²) in [6, 6.07) is 5.28. The van der Waals surface area contributed by atoms with Crippen LogP contribution in [0.5, 0.6) is 0 Å². The van der Waals surface area contributed by atoms with Crippen LogP contribution >= 0.6 is 23.2 Å². The molecule has 0 heterocycles. The molecule has 2 nitrogen and oxygen atoms in total. The summed E-state index contributed by atoms with van der Waals surface area (Å²) in [5.74, 6) is 0.720. The molecule has 0 spiro atoms. The molecule has 0 aromatic heterocycles. The Morgan fingerprint density at radius 1 is 1.33 bits per heavy atom. The first-order valence-electron chi connectivity index (χ1n) is 6.28. The third-order valence-electron chi connectivity index (χ3n) is 3.76. The second kappa shape index (κ2) is 6.05. The van der Waals surface area contributed by atoms with Gasteiger partial charge in [-0.3, -0.25) is 4.79 Å². The number of halogens is 2. The summed E-state index contributed by atoms with van der Waals surface area (Å²) in [6.07, 6.45) is 3.52. The van der Waals surface area contributed by atoms with Crippen LogP contribution in [0.15, 0.2) is 18.2 Å². The van der Waals surface area contributed by atoms with Crippen molar-refractivity contribution in [3.8, 4) is 0 Å². The molecule has 18 heavy (non-hydrogen) atoms. The van der Waals surface area contributed by atoms with Gasteiger partial charge in [-0.2, -0.15) is 0 Å². The maximum Gasteiger partial charge on any atom is 0.140 e. The third-order valence-corrected chi connectivity index (χ3v) is 4.34. The van der Waals surface area contributed by atoms with Crippen LogP contribution < -0.4 is 5.73 Å². The molecular weight excluding hydrogens is 269 g/mol. The van der Waals surface area contributed by atoms with Gasteiger partial charge in [-0.15, -0.1) is 0 Å². The Hall–Kier alpha value is -0.570. The lowest BCUT2D eigenvalue weighted by molar-refractivity contribution is -0.123. The van der Waals surface area contributed by atoms with Crippen LogP contribution in [0.25, 0.3) is 0 Å². The van der Waals surface area contributed by atoms with Crippen LogP contribution in [0.4, 0.5) is 0 Å². The smallest absolute Gasteiger partial charge is 0.140 e. The summed E-state index contributed by atoms with van der Waals surface area (Å²) >= 11 is 11.9. The summed E-state index contributed by atoms with van der Waals surface area (Å²) in [4.78, 5) is 12.3. The first kappa shape index (κ1) is 13.9. The van der Waals surface area contributed by atoms with Gasteiger partial charge in [0.05, 0.1) is 0 Å². The predicted molar refractivity (Wildman–Crippen MR) is 75.1 cm³/mol. The molecule has 1 saturated carbocycles. The Balaban J connectivity index is 2.07. The van der Waals surface area contributed by atoms with E-state index in [0.29, 0.717) is 28.9 Å². The Labute approximate surface area is 117 Å². The number of carbonyl (C=O) groups is 1. The minimum Gasteiger partial charge on any atom is -0.330 e. The minimum absolute atomic E-state index is 0.113. The molecule has 1 aliphatic carbocycles. The summed E-state index contributed by atoms with van der Waals surface area (Å²) in [6.45, 7) is 0.602. The fraction of sp³-hybridized carbons (Fsp3) is 0.500. The highest BCUT2D eigenvalue weighted by atomic mass is 35.5. The second-order valence-electron chi connectivity index (χ2n) is 4.91. The molecular formula is C14H17Cl2NO. The van der Waals surface area contributed by atoms with Crippen molar-refractivity contribution in [3.63, 3.8) is 0 Å². The quantitative estimate of drug-likeness (QED) is 0.920. The standard InChI is InChI=1S/C14H17Cl2NO/c15-11-5-4-9(13(16)7-11)6-14(18)12-3-1-2-10(12)8-17/h4-5,7,10,12H,1-3,6,8,17H2. The van der Waals surface area contributed by atoms with E-state index in [1.54, 1.807) is 12.1 Å². The fourth-order valence-corrected chi connectivity index (χ4v) is 3.20. The number of carbonyl (C=O) groups excluding carboxylic acids is 1. The van der Waals surface area contributed by atoms with Gasteiger partial charge in [0.25, 0.3) is 0 Å². The van der Waals surface area contributed by atoms with E-state index in [9.17, 15) is 4.79 Å². The molecule has 98 valence electrons. The van der Waals surface area contributed by atoms with Crippen LogP contribution in [-0.2, 0) is 11.2 Å². The van der Waals surface area contributed by atoms with Gasteiger partial charge in [-0.05, 0) is 43.0 Å². The summed E-state index contributed by atoms with van der Waals surface area (Å²) in [7, 11) is 0. The zero-order valence-corrected chi connectivity index (χ0v) is 11.7. The molecule has 1 fully saturated rings. The fourth-order valence-electron chi connectivity index (χ4n) is 2.73. The third kappa shape index (κ3) is 3.05. The van der Waals surface area contributed by atoms with Gasteiger partial charge >= 0.3 is 0 Å². The van der Waals surface area contributed by atoms with Crippen LogP contribution in [-0.4, -0.2) is 12.3 Å². The monoisotopic (exact) mass is 285 g/mol. The van der Waals surface area contributed by atoms with Crippen molar-refractivity contribution in [2.75, 3.05) is 6.54 Å². The summed E-state index contributed by atoms with van der Waals surface area (Å²) in [5.41, 5.74) is 6.56. The normalized spacial score (nSPS) is 23.3. The number of Topliss-reactive ketones (excluding diaryl/α,β-unsaturated/α-hetero) is 1.